The molecule has 0 aliphatic carbocycles. The lowest BCUT2D eigenvalue weighted by Crippen LogP contribution is -2.57. The van der Waals surface area contributed by atoms with E-state index < -0.39 is 75.4 Å². The minimum absolute atomic E-state index is 0.170. The maximum atomic E-state index is 15.1. The highest BCUT2D eigenvalue weighted by Crippen LogP contribution is 2.25. The average Bonchev–Trinajstić information content (AvgIpc) is 2.70. The fourth-order valence-corrected chi connectivity index (χ4v) is 3.34. The first kappa shape index (κ1) is 22.6. The molecule has 0 aliphatic heterocycles. The second-order valence-corrected chi connectivity index (χ2v) is 6.88. The van der Waals surface area contributed by atoms with Crippen molar-refractivity contribution in [3.05, 3.63) is 81.9 Å². The summed E-state index contributed by atoms with van der Waals surface area (Å²) in [5.74, 6) is -13.9. The van der Waals surface area contributed by atoms with Gasteiger partial charge in [0, 0.05) is 17.6 Å². The molecule has 0 N–H and O–H groups in total. The van der Waals surface area contributed by atoms with E-state index in [-0.39, 0.29) is 11.1 Å². The van der Waals surface area contributed by atoms with Crippen LogP contribution in [0.3, 0.4) is 0 Å². The average molecular weight is 444 g/mol. The Labute approximate surface area is 172 Å². The molecule has 0 amide bonds. The van der Waals surface area contributed by atoms with E-state index in [2.05, 4.69) is 4.74 Å². The zero-order chi connectivity index (χ0) is 23.2. The molecular weight excluding hydrogens is 431 g/mol. The Bertz CT molecular complexity index is 1140. The normalized spacial score (nSPS) is 11.1. The summed E-state index contributed by atoms with van der Waals surface area (Å²) < 4.78 is 119. The van der Waals surface area contributed by atoms with Gasteiger partial charge < -0.3 is 4.74 Å². The highest BCUT2D eigenvalue weighted by atomic mass is 19.2. The molecule has 1 nitrogen and oxygen atoms in total. The first-order chi connectivity index (χ1) is 14.5. The quantitative estimate of drug-likeness (QED) is 0.257. The van der Waals surface area contributed by atoms with Crippen LogP contribution in [0.25, 0.3) is 0 Å². The van der Waals surface area contributed by atoms with E-state index in [0.717, 1.165) is 19.2 Å². The Morgan fingerprint density at radius 3 is 1.45 bits per heavy atom. The number of methoxy groups -OCH3 is 1. The van der Waals surface area contributed by atoms with Crippen molar-refractivity contribution in [1.29, 1.82) is 0 Å². The van der Waals surface area contributed by atoms with E-state index in [1.165, 1.54) is 13.8 Å². The standard InChI is InChI=1S/C21H13BF8O/c1-8-4-10(14(25)6-12(8)23)22(11-5-9(2)13(24)7-15(11)26)16-17(27)19(29)20(30)21(31-3)18(16)28/h4-7H,1-3H3. The van der Waals surface area contributed by atoms with Crippen molar-refractivity contribution < 1.29 is 39.9 Å². The third-order valence-corrected chi connectivity index (χ3v) is 4.93. The van der Waals surface area contributed by atoms with Crippen LogP contribution in [0.2, 0.25) is 0 Å². The van der Waals surface area contributed by atoms with E-state index in [0.29, 0.717) is 12.1 Å². The molecule has 0 aliphatic rings. The number of rotatable bonds is 4. The van der Waals surface area contributed by atoms with Crippen LogP contribution in [0.4, 0.5) is 35.1 Å². The first-order valence-electron chi connectivity index (χ1n) is 8.80. The van der Waals surface area contributed by atoms with Gasteiger partial charge in [0.1, 0.15) is 23.3 Å². The monoisotopic (exact) mass is 444 g/mol. The molecule has 0 heterocycles. The van der Waals surface area contributed by atoms with Crippen LogP contribution in [-0.4, -0.2) is 13.8 Å². The predicted molar refractivity (Wildman–Crippen MR) is 99.7 cm³/mol. The molecule has 0 spiro atoms. The lowest BCUT2D eigenvalue weighted by molar-refractivity contribution is 0.338. The minimum atomic E-state index is -2.14. The van der Waals surface area contributed by atoms with Gasteiger partial charge >= 0.3 is 0 Å². The first-order valence-corrected chi connectivity index (χ1v) is 8.80. The van der Waals surface area contributed by atoms with Crippen LogP contribution in [0.15, 0.2) is 24.3 Å². The fourth-order valence-electron chi connectivity index (χ4n) is 3.34. The summed E-state index contributed by atoms with van der Waals surface area (Å²) in [6, 6.07) is 2.50. The van der Waals surface area contributed by atoms with Gasteiger partial charge in [-0.3, -0.25) is 0 Å². The molecule has 0 aromatic heterocycles. The molecule has 162 valence electrons. The van der Waals surface area contributed by atoms with E-state index in [1.807, 2.05) is 0 Å². The smallest absolute Gasteiger partial charge is 0.256 e. The Morgan fingerprint density at radius 1 is 0.581 bits per heavy atom. The van der Waals surface area contributed by atoms with Gasteiger partial charge in [-0.05, 0) is 35.9 Å². The van der Waals surface area contributed by atoms with E-state index in [1.54, 1.807) is 0 Å². The second-order valence-electron chi connectivity index (χ2n) is 6.88. The highest BCUT2D eigenvalue weighted by molar-refractivity contribution is 6.95. The summed E-state index contributed by atoms with van der Waals surface area (Å²) in [5.41, 5.74) is -2.91. The minimum Gasteiger partial charge on any atom is -0.491 e. The molecule has 3 rings (SSSR count). The zero-order valence-corrected chi connectivity index (χ0v) is 16.3. The van der Waals surface area contributed by atoms with Gasteiger partial charge in [-0.1, -0.05) is 12.1 Å². The molecule has 10 heteroatoms. The SMILES string of the molecule is COc1c(F)c(F)c(F)c(B(c2cc(C)c(F)cc2F)c2cc(C)c(F)cc2F)c1F. The molecule has 0 bridgehead atoms. The number of hydrogen-bond acceptors (Lipinski definition) is 1. The van der Waals surface area contributed by atoms with Crippen molar-refractivity contribution in [3.63, 3.8) is 0 Å². The van der Waals surface area contributed by atoms with Gasteiger partial charge in [-0.2, -0.15) is 4.39 Å². The summed E-state index contributed by atoms with van der Waals surface area (Å²) in [6.07, 6.45) is 0. The number of halogens is 8. The summed E-state index contributed by atoms with van der Waals surface area (Å²) in [7, 11) is 0.781. The van der Waals surface area contributed by atoms with E-state index >= 15 is 4.39 Å². The second kappa shape index (κ2) is 8.24. The highest BCUT2D eigenvalue weighted by Gasteiger charge is 2.38. The van der Waals surface area contributed by atoms with Gasteiger partial charge in [-0.25, -0.2) is 30.7 Å². The van der Waals surface area contributed by atoms with Gasteiger partial charge in [0.05, 0.1) is 7.11 Å². The van der Waals surface area contributed by atoms with Crippen molar-refractivity contribution in [3.8, 4) is 5.75 Å². The Balaban J connectivity index is 2.50. The Kier molecular flexibility index (Phi) is 6.02. The third-order valence-electron chi connectivity index (χ3n) is 4.93. The van der Waals surface area contributed by atoms with Crippen LogP contribution in [0, 0.1) is 60.4 Å². The molecule has 3 aromatic carbocycles. The predicted octanol–water partition coefficient (Wildman–Crippen LogP) is 3.94. The van der Waals surface area contributed by atoms with Gasteiger partial charge in [0.25, 0.3) is 6.71 Å². The van der Waals surface area contributed by atoms with Crippen LogP contribution < -0.4 is 21.1 Å². The molecule has 3 aromatic rings. The van der Waals surface area contributed by atoms with Crippen molar-refractivity contribution in [1.82, 2.24) is 0 Å². The Hall–Kier alpha value is -3.04. The maximum Gasteiger partial charge on any atom is 0.256 e. The summed E-state index contributed by atoms with van der Waals surface area (Å²) in [4.78, 5) is 0. The zero-order valence-electron chi connectivity index (χ0n) is 16.3. The largest absolute Gasteiger partial charge is 0.491 e. The van der Waals surface area contributed by atoms with Crippen LogP contribution >= 0.6 is 0 Å². The lowest BCUT2D eigenvalue weighted by atomic mass is 9.36. The van der Waals surface area contributed by atoms with Crippen molar-refractivity contribution in [2.24, 2.45) is 0 Å². The van der Waals surface area contributed by atoms with Gasteiger partial charge in [0.2, 0.25) is 5.82 Å². The topological polar surface area (TPSA) is 9.23 Å². The van der Waals surface area contributed by atoms with Crippen LogP contribution in [0.5, 0.6) is 5.75 Å². The van der Waals surface area contributed by atoms with Crippen LogP contribution in [0.1, 0.15) is 11.1 Å². The number of hydrogen-bond donors (Lipinski definition) is 0. The van der Waals surface area contributed by atoms with E-state index in [4.69, 9.17) is 0 Å². The van der Waals surface area contributed by atoms with Gasteiger partial charge in [0.15, 0.2) is 23.2 Å². The molecular formula is C21H13BF8O. The molecule has 0 unspecified atom stereocenters. The lowest BCUT2D eigenvalue weighted by Gasteiger charge is -2.21. The Morgan fingerprint density at radius 2 is 1.03 bits per heavy atom. The van der Waals surface area contributed by atoms with E-state index in [9.17, 15) is 30.7 Å². The van der Waals surface area contributed by atoms with Crippen molar-refractivity contribution in [2.45, 2.75) is 13.8 Å². The summed E-state index contributed by atoms with van der Waals surface area (Å²) in [5, 5.41) is 0. The fraction of sp³-hybridized carbons (Fsp3) is 0.143. The maximum absolute atomic E-state index is 15.1. The summed E-state index contributed by atoms with van der Waals surface area (Å²) in [6.45, 7) is 0.350. The molecule has 0 atom stereocenters. The molecule has 31 heavy (non-hydrogen) atoms. The van der Waals surface area contributed by atoms with Crippen LogP contribution in [-0.2, 0) is 0 Å². The van der Waals surface area contributed by atoms with Crippen molar-refractivity contribution >= 4 is 23.1 Å². The molecule has 0 saturated carbocycles. The van der Waals surface area contributed by atoms with Gasteiger partial charge in [-0.15, -0.1) is 0 Å². The molecule has 0 saturated heterocycles. The number of ether oxygens (including phenoxy) is 1. The number of benzene rings is 3. The molecule has 0 radical (unpaired) electrons. The number of aryl methyl sites for hydroxylation is 2. The van der Waals surface area contributed by atoms with Crippen molar-refractivity contribution in [2.75, 3.05) is 7.11 Å². The summed E-state index contributed by atoms with van der Waals surface area (Å²) >= 11 is 0. The molecule has 0 fully saturated rings. The third kappa shape index (κ3) is 3.75.